The van der Waals surface area contributed by atoms with Gasteiger partial charge in [0, 0.05) is 16.3 Å². The van der Waals surface area contributed by atoms with Gasteiger partial charge in [-0.1, -0.05) is 53.7 Å². The zero-order chi connectivity index (χ0) is 13.5. The van der Waals surface area contributed by atoms with E-state index < -0.39 is 0 Å². The van der Waals surface area contributed by atoms with Gasteiger partial charge in [0.1, 0.15) is 0 Å². The van der Waals surface area contributed by atoms with Crippen LogP contribution in [0.5, 0.6) is 0 Å². The number of nitrogens with one attached hydrogen (secondary N) is 1. The molecule has 0 aliphatic carbocycles. The van der Waals surface area contributed by atoms with Crippen LogP contribution < -0.4 is 5.32 Å². The van der Waals surface area contributed by atoms with Crippen LogP contribution in [0.2, 0.25) is 0 Å². The topological polar surface area (TPSA) is 12.0 Å². The van der Waals surface area contributed by atoms with Gasteiger partial charge in [-0.15, -0.1) is 0 Å². The van der Waals surface area contributed by atoms with Gasteiger partial charge in [-0.2, -0.15) is 0 Å². The van der Waals surface area contributed by atoms with Crippen molar-refractivity contribution in [2.45, 2.75) is 16.7 Å². The lowest BCUT2D eigenvalue weighted by molar-refractivity contribution is 0.884. The van der Waals surface area contributed by atoms with Crippen LogP contribution in [0.4, 0.5) is 0 Å². The average molecular weight is 269 g/mol. The second-order valence-corrected chi connectivity index (χ2v) is 5.65. The van der Waals surface area contributed by atoms with Gasteiger partial charge in [-0.25, -0.2) is 0 Å². The molecule has 0 atom stereocenters. The Balaban J connectivity index is 2.04. The highest BCUT2D eigenvalue weighted by molar-refractivity contribution is 7.99. The monoisotopic (exact) mass is 269 g/mol. The first kappa shape index (κ1) is 13.9. The molecule has 0 unspecified atom stereocenters. The summed E-state index contributed by atoms with van der Waals surface area (Å²) in [6, 6.07) is 19.1. The van der Waals surface area contributed by atoms with Crippen LogP contribution in [-0.2, 0) is 0 Å². The van der Waals surface area contributed by atoms with Crippen LogP contribution in [0, 0.1) is 0 Å². The molecular weight excluding hydrogens is 250 g/mol. The molecule has 0 fully saturated rings. The Bertz CT molecular complexity index is 529. The maximum atomic E-state index is 3.16. The summed E-state index contributed by atoms with van der Waals surface area (Å²) in [7, 11) is 1.97. The molecular formula is C17H19NS. The summed E-state index contributed by atoms with van der Waals surface area (Å²) in [5.41, 5.74) is 2.59. The van der Waals surface area contributed by atoms with Gasteiger partial charge in [-0.3, -0.25) is 0 Å². The third-order valence-electron chi connectivity index (χ3n) is 2.73. The Morgan fingerprint density at radius 3 is 2.26 bits per heavy atom. The van der Waals surface area contributed by atoms with Gasteiger partial charge < -0.3 is 5.32 Å². The SMILES string of the molecule is CNCC(C)=Cc1ccc(Sc2ccccc2)cc1. The third kappa shape index (κ3) is 4.58. The molecule has 0 aliphatic heterocycles. The molecule has 0 heterocycles. The first-order valence-electron chi connectivity index (χ1n) is 6.42. The predicted octanol–water partition coefficient (Wildman–Crippen LogP) is 4.46. The highest BCUT2D eigenvalue weighted by Gasteiger charge is 1.97. The summed E-state index contributed by atoms with van der Waals surface area (Å²) in [5.74, 6) is 0. The Labute approximate surface area is 119 Å². The van der Waals surface area contributed by atoms with E-state index in [1.807, 2.05) is 13.1 Å². The quantitative estimate of drug-likeness (QED) is 0.860. The smallest absolute Gasteiger partial charge is 0.0162 e. The lowest BCUT2D eigenvalue weighted by atomic mass is 10.1. The van der Waals surface area contributed by atoms with Gasteiger partial charge in [0.05, 0.1) is 0 Å². The molecule has 2 aromatic rings. The van der Waals surface area contributed by atoms with Crippen molar-refractivity contribution >= 4 is 17.8 Å². The van der Waals surface area contributed by atoms with E-state index in [1.54, 1.807) is 11.8 Å². The van der Waals surface area contributed by atoms with Gasteiger partial charge >= 0.3 is 0 Å². The zero-order valence-electron chi connectivity index (χ0n) is 11.4. The standard InChI is InChI=1S/C17H19NS/c1-14(13-18-2)12-15-8-10-17(11-9-15)19-16-6-4-3-5-7-16/h3-12,18H,13H2,1-2H3. The third-order valence-corrected chi connectivity index (χ3v) is 3.74. The molecule has 19 heavy (non-hydrogen) atoms. The summed E-state index contributed by atoms with van der Waals surface area (Å²) in [4.78, 5) is 2.55. The van der Waals surface area contributed by atoms with Crippen molar-refractivity contribution in [1.29, 1.82) is 0 Å². The second kappa shape index (κ2) is 7.17. The van der Waals surface area contributed by atoms with Crippen molar-refractivity contribution < 1.29 is 0 Å². The van der Waals surface area contributed by atoms with E-state index in [0.717, 1.165) is 6.54 Å². The van der Waals surface area contributed by atoms with E-state index in [0.29, 0.717) is 0 Å². The lowest BCUT2D eigenvalue weighted by Gasteiger charge is -2.03. The highest BCUT2D eigenvalue weighted by atomic mass is 32.2. The number of benzene rings is 2. The van der Waals surface area contributed by atoms with Crippen molar-refractivity contribution in [2.24, 2.45) is 0 Å². The summed E-state index contributed by atoms with van der Waals surface area (Å²) >= 11 is 1.79. The fourth-order valence-electron chi connectivity index (χ4n) is 1.87. The molecule has 0 aliphatic rings. The number of hydrogen-bond donors (Lipinski definition) is 1. The van der Waals surface area contributed by atoms with Crippen LogP contribution in [0.25, 0.3) is 6.08 Å². The van der Waals surface area contributed by atoms with Crippen LogP contribution in [0.1, 0.15) is 12.5 Å². The average Bonchev–Trinajstić information content (AvgIpc) is 2.42. The summed E-state index contributed by atoms with van der Waals surface area (Å²) in [6.07, 6.45) is 2.22. The summed E-state index contributed by atoms with van der Waals surface area (Å²) in [6.45, 7) is 3.07. The molecule has 2 heteroatoms. The van der Waals surface area contributed by atoms with Crippen molar-refractivity contribution in [1.82, 2.24) is 5.32 Å². The Hall–Kier alpha value is -1.51. The van der Waals surface area contributed by atoms with Crippen LogP contribution >= 0.6 is 11.8 Å². The van der Waals surface area contributed by atoms with E-state index >= 15 is 0 Å². The minimum Gasteiger partial charge on any atom is -0.316 e. The normalized spacial score (nSPS) is 11.6. The van der Waals surface area contributed by atoms with Crippen LogP contribution in [0.3, 0.4) is 0 Å². The predicted molar refractivity (Wildman–Crippen MR) is 84.6 cm³/mol. The van der Waals surface area contributed by atoms with Crippen molar-refractivity contribution in [3.63, 3.8) is 0 Å². The highest BCUT2D eigenvalue weighted by Crippen LogP contribution is 2.27. The maximum absolute atomic E-state index is 3.16. The van der Waals surface area contributed by atoms with Crippen molar-refractivity contribution in [2.75, 3.05) is 13.6 Å². The van der Waals surface area contributed by atoms with E-state index in [4.69, 9.17) is 0 Å². The summed E-state index contributed by atoms with van der Waals surface area (Å²) in [5, 5.41) is 3.16. The molecule has 98 valence electrons. The Morgan fingerprint density at radius 1 is 1.00 bits per heavy atom. The fraction of sp³-hybridized carbons (Fsp3) is 0.176. The van der Waals surface area contributed by atoms with Crippen molar-refractivity contribution in [3.05, 3.63) is 65.7 Å². The van der Waals surface area contributed by atoms with Crippen LogP contribution in [0.15, 0.2) is 70.0 Å². The van der Waals surface area contributed by atoms with Gasteiger partial charge in [0.25, 0.3) is 0 Å². The molecule has 0 spiro atoms. The minimum absolute atomic E-state index is 0.931. The number of likely N-dealkylation sites (N-methyl/N-ethyl adjacent to an activating group) is 1. The molecule has 1 N–H and O–H groups in total. The molecule has 0 saturated heterocycles. The molecule has 0 saturated carbocycles. The van der Waals surface area contributed by atoms with Gasteiger partial charge in [0.2, 0.25) is 0 Å². The molecule has 0 bridgehead atoms. The molecule has 0 amide bonds. The molecule has 0 radical (unpaired) electrons. The first-order valence-corrected chi connectivity index (χ1v) is 7.24. The van der Waals surface area contributed by atoms with Gasteiger partial charge in [-0.05, 0) is 43.8 Å². The first-order chi connectivity index (χ1) is 9.28. The Kier molecular flexibility index (Phi) is 5.25. The fourth-order valence-corrected chi connectivity index (χ4v) is 2.71. The van der Waals surface area contributed by atoms with E-state index in [9.17, 15) is 0 Å². The summed E-state index contributed by atoms with van der Waals surface area (Å²) < 4.78 is 0. The molecule has 2 aromatic carbocycles. The van der Waals surface area contributed by atoms with Crippen LogP contribution in [-0.4, -0.2) is 13.6 Å². The second-order valence-electron chi connectivity index (χ2n) is 4.51. The molecule has 2 rings (SSSR count). The number of rotatable bonds is 5. The lowest BCUT2D eigenvalue weighted by Crippen LogP contribution is -2.08. The minimum atomic E-state index is 0.931. The van der Waals surface area contributed by atoms with Crippen molar-refractivity contribution in [3.8, 4) is 0 Å². The molecule has 1 nitrogen and oxygen atoms in total. The van der Waals surface area contributed by atoms with E-state index in [-0.39, 0.29) is 0 Å². The largest absolute Gasteiger partial charge is 0.316 e. The van der Waals surface area contributed by atoms with E-state index in [2.05, 4.69) is 66.8 Å². The Morgan fingerprint density at radius 2 is 1.63 bits per heavy atom. The van der Waals surface area contributed by atoms with Gasteiger partial charge in [0.15, 0.2) is 0 Å². The zero-order valence-corrected chi connectivity index (χ0v) is 12.2. The number of hydrogen-bond acceptors (Lipinski definition) is 2. The van der Waals surface area contributed by atoms with E-state index in [1.165, 1.54) is 20.9 Å². The molecule has 0 aromatic heterocycles. The maximum Gasteiger partial charge on any atom is 0.0162 e.